The molecule has 1 unspecified atom stereocenters. The third kappa shape index (κ3) is 3.29. The number of fused-ring (bicyclic) bond motifs is 1. The normalized spacial score (nSPS) is 12.7. The van der Waals surface area contributed by atoms with E-state index >= 15 is 0 Å². The van der Waals surface area contributed by atoms with Gasteiger partial charge in [-0.05, 0) is 42.8 Å². The first-order valence-electron chi connectivity index (χ1n) is 7.22. The van der Waals surface area contributed by atoms with Crippen LogP contribution in [-0.4, -0.2) is 6.54 Å². The SMILES string of the molecule is CCNC(Cc1ccc(Cl)cc1)c1cc2ccccc2o1. The second-order valence-corrected chi connectivity index (χ2v) is 5.56. The zero-order valence-corrected chi connectivity index (χ0v) is 12.7. The van der Waals surface area contributed by atoms with Crippen LogP contribution in [-0.2, 0) is 6.42 Å². The predicted molar refractivity (Wildman–Crippen MR) is 87.8 cm³/mol. The molecule has 0 saturated heterocycles. The van der Waals surface area contributed by atoms with Crippen molar-refractivity contribution in [3.8, 4) is 0 Å². The molecule has 0 radical (unpaired) electrons. The highest BCUT2D eigenvalue weighted by atomic mass is 35.5. The summed E-state index contributed by atoms with van der Waals surface area (Å²) in [5, 5.41) is 5.41. The summed E-state index contributed by atoms with van der Waals surface area (Å²) in [7, 11) is 0. The lowest BCUT2D eigenvalue weighted by atomic mass is 10.0. The standard InChI is InChI=1S/C18H18ClNO/c1-2-20-16(11-13-7-9-15(19)10-8-13)18-12-14-5-3-4-6-17(14)21-18/h3-10,12,16,20H,2,11H2,1H3. The molecule has 1 N–H and O–H groups in total. The van der Waals surface area contributed by atoms with E-state index in [-0.39, 0.29) is 6.04 Å². The maximum absolute atomic E-state index is 5.99. The van der Waals surface area contributed by atoms with Crippen LogP contribution in [0.4, 0.5) is 0 Å². The highest BCUT2D eigenvalue weighted by Crippen LogP contribution is 2.26. The van der Waals surface area contributed by atoms with Crippen LogP contribution in [0.2, 0.25) is 5.02 Å². The quantitative estimate of drug-likeness (QED) is 0.719. The number of hydrogen-bond donors (Lipinski definition) is 1. The third-order valence-corrected chi connectivity index (χ3v) is 3.84. The molecular weight excluding hydrogens is 282 g/mol. The Morgan fingerprint density at radius 1 is 1.10 bits per heavy atom. The van der Waals surface area contributed by atoms with E-state index in [9.17, 15) is 0 Å². The van der Waals surface area contributed by atoms with Gasteiger partial charge < -0.3 is 9.73 Å². The van der Waals surface area contributed by atoms with Crippen molar-refractivity contribution in [3.63, 3.8) is 0 Å². The van der Waals surface area contributed by atoms with Crippen LogP contribution >= 0.6 is 11.6 Å². The van der Waals surface area contributed by atoms with Gasteiger partial charge >= 0.3 is 0 Å². The van der Waals surface area contributed by atoms with Gasteiger partial charge in [0.1, 0.15) is 11.3 Å². The van der Waals surface area contributed by atoms with Crippen LogP contribution in [0.5, 0.6) is 0 Å². The van der Waals surface area contributed by atoms with Crippen molar-refractivity contribution in [2.24, 2.45) is 0 Å². The smallest absolute Gasteiger partial charge is 0.134 e. The lowest BCUT2D eigenvalue weighted by Gasteiger charge is -2.15. The van der Waals surface area contributed by atoms with Gasteiger partial charge in [-0.1, -0.05) is 48.9 Å². The number of likely N-dealkylation sites (N-methyl/N-ethyl adjacent to an activating group) is 1. The molecule has 0 amide bonds. The lowest BCUT2D eigenvalue weighted by molar-refractivity contribution is 0.435. The van der Waals surface area contributed by atoms with E-state index in [4.69, 9.17) is 16.0 Å². The van der Waals surface area contributed by atoms with Gasteiger partial charge in [0, 0.05) is 10.4 Å². The Morgan fingerprint density at radius 2 is 1.86 bits per heavy atom. The molecule has 3 aromatic rings. The van der Waals surface area contributed by atoms with Crippen LogP contribution in [0.15, 0.2) is 59.0 Å². The molecule has 0 bridgehead atoms. The Hall–Kier alpha value is -1.77. The van der Waals surface area contributed by atoms with Crippen molar-refractivity contribution in [1.82, 2.24) is 5.32 Å². The largest absolute Gasteiger partial charge is 0.459 e. The minimum Gasteiger partial charge on any atom is -0.459 e. The summed E-state index contributed by atoms with van der Waals surface area (Å²) < 4.78 is 5.99. The molecule has 1 aromatic heterocycles. The second kappa shape index (κ2) is 6.33. The Labute approximate surface area is 129 Å². The number of benzene rings is 2. The zero-order valence-electron chi connectivity index (χ0n) is 12.0. The van der Waals surface area contributed by atoms with Crippen LogP contribution < -0.4 is 5.32 Å². The molecule has 0 saturated carbocycles. The molecule has 3 heteroatoms. The maximum Gasteiger partial charge on any atom is 0.134 e. The van der Waals surface area contributed by atoms with Crippen molar-refractivity contribution in [3.05, 3.63) is 70.9 Å². The fourth-order valence-corrected chi connectivity index (χ4v) is 2.68. The number of rotatable bonds is 5. The van der Waals surface area contributed by atoms with Crippen molar-refractivity contribution in [2.75, 3.05) is 6.54 Å². The number of furan rings is 1. The van der Waals surface area contributed by atoms with E-state index in [0.29, 0.717) is 0 Å². The summed E-state index contributed by atoms with van der Waals surface area (Å²) in [4.78, 5) is 0. The minimum absolute atomic E-state index is 0.170. The molecule has 21 heavy (non-hydrogen) atoms. The highest BCUT2D eigenvalue weighted by Gasteiger charge is 2.16. The van der Waals surface area contributed by atoms with E-state index in [1.54, 1.807) is 0 Å². The van der Waals surface area contributed by atoms with E-state index in [0.717, 1.165) is 34.7 Å². The van der Waals surface area contributed by atoms with Crippen molar-refractivity contribution in [2.45, 2.75) is 19.4 Å². The molecule has 2 aromatic carbocycles. The van der Waals surface area contributed by atoms with Gasteiger partial charge in [-0.2, -0.15) is 0 Å². The average molecular weight is 300 g/mol. The summed E-state index contributed by atoms with van der Waals surface area (Å²) in [5.74, 6) is 0.980. The first-order chi connectivity index (χ1) is 10.3. The summed E-state index contributed by atoms with van der Waals surface area (Å²) in [6, 6.07) is 18.4. The van der Waals surface area contributed by atoms with Gasteiger partial charge in [-0.15, -0.1) is 0 Å². The summed E-state index contributed by atoms with van der Waals surface area (Å²) in [6.45, 7) is 3.01. The van der Waals surface area contributed by atoms with Crippen LogP contribution in [0.1, 0.15) is 24.3 Å². The van der Waals surface area contributed by atoms with Crippen LogP contribution in [0.25, 0.3) is 11.0 Å². The molecule has 1 atom stereocenters. The molecule has 0 spiro atoms. The third-order valence-electron chi connectivity index (χ3n) is 3.59. The van der Waals surface area contributed by atoms with Crippen molar-refractivity contribution >= 4 is 22.6 Å². The molecule has 0 aliphatic carbocycles. The fraction of sp³-hybridized carbons (Fsp3) is 0.222. The molecule has 3 rings (SSSR count). The minimum atomic E-state index is 0.170. The van der Waals surface area contributed by atoms with E-state index < -0.39 is 0 Å². The number of para-hydroxylation sites is 1. The average Bonchev–Trinajstić information content (AvgIpc) is 2.93. The van der Waals surface area contributed by atoms with Crippen LogP contribution in [0, 0.1) is 0 Å². The van der Waals surface area contributed by atoms with E-state index in [1.807, 2.05) is 30.3 Å². The number of hydrogen-bond acceptors (Lipinski definition) is 2. The van der Waals surface area contributed by atoms with Crippen LogP contribution in [0.3, 0.4) is 0 Å². The number of nitrogens with one attached hydrogen (secondary N) is 1. The molecule has 2 nitrogen and oxygen atoms in total. The topological polar surface area (TPSA) is 25.2 Å². The monoisotopic (exact) mass is 299 g/mol. The predicted octanol–water partition coefficient (Wildman–Crippen LogP) is 4.98. The first kappa shape index (κ1) is 14.2. The van der Waals surface area contributed by atoms with Gasteiger partial charge in [0.2, 0.25) is 0 Å². The van der Waals surface area contributed by atoms with Gasteiger partial charge in [-0.3, -0.25) is 0 Å². The molecule has 1 heterocycles. The Bertz CT molecular complexity index is 684. The lowest BCUT2D eigenvalue weighted by Crippen LogP contribution is -2.22. The van der Waals surface area contributed by atoms with E-state index in [2.05, 4.69) is 36.5 Å². The van der Waals surface area contributed by atoms with Gasteiger partial charge in [-0.25, -0.2) is 0 Å². The van der Waals surface area contributed by atoms with Gasteiger partial charge in [0.25, 0.3) is 0 Å². The van der Waals surface area contributed by atoms with E-state index in [1.165, 1.54) is 5.56 Å². The molecule has 0 aliphatic rings. The van der Waals surface area contributed by atoms with Gasteiger partial charge in [0.05, 0.1) is 6.04 Å². The van der Waals surface area contributed by atoms with Crippen molar-refractivity contribution < 1.29 is 4.42 Å². The summed E-state index contributed by atoms with van der Waals surface area (Å²) in [6.07, 6.45) is 0.880. The maximum atomic E-state index is 5.99. The zero-order chi connectivity index (χ0) is 14.7. The Morgan fingerprint density at radius 3 is 2.57 bits per heavy atom. The molecule has 0 fully saturated rings. The Balaban J connectivity index is 1.87. The highest BCUT2D eigenvalue weighted by molar-refractivity contribution is 6.30. The Kier molecular flexibility index (Phi) is 4.28. The fourth-order valence-electron chi connectivity index (χ4n) is 2.55. The second-order valence-electron chi connectivity index (χ2n) is 5.13. The molecule has 108 valence electrons. The molecular formula is C18H18ClNO. The van der Waals surface area contributed by atoms with Gasteiger partial charge in [0.15, 0.2) is 0 Å². The first-order valence-corrected chi connectivity index (χ1v) is 7.60. The summed E-state index contributed by atoms with van der Waals surface area (Å²) in [5.41, 5.74) is 2.18. The molecule has 0 aliphatic heterocycles. The number of halogens is 1. The van der Waals surface area contributed by atoms with Crippen molar-refractivity contribution in [1.29, 1.82) is 0 Å². The summed E-state index contributed by atoms with van der Waals surface area (Å²) >= 11 is 5.95.